The summed E-state index contributed by atoms with van der Waals surface area (Å²) in [5.74, 6) is -5.33. The zero-order chi connectivity index (χ0) is 29.9. The van der Waals surface area contributed by atoms with Gasteiger partial charge in [-0.15, -0.1) is 0 Å². The number of carbonyl (C=O) groups excluding carboxylic acids is 1. The third-order valence-electron chi connectivity index (χ3n) is 5.52. The van der Waals surface area contributed by atoms with E-state index in [4.69, 9.17) is 29.3 Å². The first kappa shape index (κ1) is 34.0. The van der Waals surface area contributed by atoms with Gasteiger partial charge in [0.15, 0.2) is 0 Å². The second-order valence-corrected chi connectivity index (χ2v) is 8.85. The number of hydrogen-bond acceptors (Lipinski definition) is 7. The number of ether oxygens (including phenoxy) is 2. The number of nitrogens with zero attached hydrogens (tertiary/aromatic N) is 3. The van der Waals surface area contributed by atoms with Gasteiger partial charge in [0.05, 0.1) is 25.9 Å². The lowest BCUT2D eigenvalue weighted by molar-refractivity contribution is -0.193. The van der Waals surface area contributed by atoms with Crippen molar-refractivity contribution in [1.82, 2.24) is 14.8 Å². The van der Waals surface area contributed by atoms with Crippen LogP contribution in [-0.2, 0) is 30.4 Å². The Morgan fingerprint density at radius 2 is 1.74 bits per heavy atom. The molecule has 1 aromatic rings. The number of carboxylic acid groups (broad SMARTS) is 2. The second-order valence-electron chi connectivity index (χ2n) is 8.85. The van der Waals surface area contributed by atoms with Crippen molar-refractivity contribution in [3.63, 3.8) is 0 Å². The monoisotopic (exact) mass is 575 g/mol. The fraction of sp³-hybridized carbons (Fsp3) is 0.652. The van der Waals surface area contributed by atoms with Gasteiger partial charge in [0.2, 0.25) is 5.91 Å². The molecule has 2 atom stereocenters. The van der Waals surface area contributed by atoms with E-state index in [0.717, 1.165) is 25.9 Å². The van der Waals surface area contributed by atoms with Crippen molar-refractivity contribution in [3.8, 4) is 0 Å². The second kappa shape index (κ2) is 15.0. The van der Waals surface area contributed by atoms with Gasteiger partial charge in [0.25, 0.3) is 0 Å². The number of amides is 1. The average molecular weight is 576 g/mol. The first-order chi connectivity index (χ1) is 18.0. The third kappa shape index (κ3) is 12.6. The van der Waals surface area contributed by atoms with Crippen LogP contribution < -0.4 is 0 Å². The molecule has 1 spiro atoms. The summed E-state index contributed by atoms with van der Waals surface area (Å²) in [6.07, 6.45) is -3.79. The molecule has 10 nitrogen and oxygen atoms in total. The summed E-state index contributed by atoms with van der Waals surface area (Å²) in [7, 11) is 2.11. The van der Waals surface area contributed by atoms with Crippen LogP contribution in [0.4, 0.5) is 26.3 Å². The topological polar surface area (TPSA) is 130 Å². The van der Waals surface area contributed by atoms with Crippen molar-refractivity contribution in [2.45, 2.75) is 56.8 Å². The molecule has 2 saturated heterocycles. The van der Waals surface area contributed by atoms with Gasteiger partial charge in [-0.25, -0.2) is 9.59 Å². The summed E-state index contributed by atoms with van der Waals surface area (Å²) in [5, 5.41) is 14.2. The molecule has 2 aliphatic rings. The molecule has 3 rings (SSSR count). The molecule has 3 heterocycles. The van der Waals surface area contributed by atoms with Crippen LogP contribution >= 0.6 is 0 Å². The molecular formula is C23H31F6N3O7. The summed E-state index contributed by atoms with van der Waals surface area (Å²) in [6, 6.07) is 4.06. The number of likely N-dealkylation sites (N-methyl/N-ethyl adjacent to an activating group) is 1. The van der Waals surface area contributed by atoms with E-state index >= 15 is 0 Å². The Morgan fingerprint density at radius 3 is 2.23 bits per heavy atom. The number of halogens is 6. The van der Waals surface area contributed by atoms with Crippen LogP contribution in [0.15, 0.2) is 24.5 Å². The van der Waals surface area contributed by atoms with Crippen LogP contribution in [0.3, 0.4) is 0 Å². The molecule has 39 heavy (non-hydrogen) atoms. The van der Waals surface area contributed by atoms with Crippen molar-refractivity contribution < 1.29 is 60.4 Å². The molecule has 0 saturated carbocycles. The normalized spacial score (nSPS) is 21.4. The highest BCUT2D eigenvalue weighted by Crippen LogP contribution is 2.33. The van der Waals surface area contributed by atoms with Crippen LogP contribution in [-0.4, -0.2) is 107 Å². The molecule has 1 amide bonds. The van der Waals surface area contributed by atoms with Crippen molar-refractivity contribution in [3.05, 3.63) is 30.1 Å². The van der Waals surface area contributed by atoms with Gasteiger partial charge < -0.3 is 24.6 Å². The Kier molecular flexibility index (Phi) is 13.1. The number of pyridine rings is 1. The molecule has 0 aromatic carbocycles. The fourth-order valence-corrected chi connectivity index (χ4v) is 3.80. The Bertz CT molecular complexity index is 909. The first-order valence-electron chi connectivity index (χ1n) is 11.7. The van der Waals surface area contributed by atoms with Gasteiger partial charge in [-0.3, -0.25) is 14.7 Å². The van der Waals surface area contributed by atoms with E-state index < -0.39 is 24.3 Å². The molecule has 16 heteroatoms. The average Bonchev–Trinajstić information content (AvgIpc) is 3.09. The minimum atomic E-state index is -5.08. The molecule has 0 aliphatic carbocycles. The van der Waals surface area contributed by atoms with E-state index in [1.807, 2.05) is 24.1 Å². The van der Waals surface area contributed by atoms with Crippen molar-refractivity contribution in [2.24, 2.45) is 0 Å². The van der Waals surface area contributed by atoms with Crippen LogP contribution in [0.1, 0.15) is 31.7 Å². The molecule has 1 aromatic heterocycles. The highest BCUT2D eigenvalue weighted by molar-refractivity contribution is 5.76. The number of carboxylic acids is 2. The van der Waals surface area contributed by atoms with Gasteiger partial charge in [0.1, 0.15) is 5.60 Å². The summed E-state index contributed by atoms with van der Waals surface area (Å²) in [5.41, 5.74) is 0.872. The highest BCUT2D eigenvalue weighted by Gasteiger charge is 2.44. The third-order valence-corrected chi connectivity index (χ3v) is 5.52. The molecule has 0 radical (unpaired) electrons. The number of hydrogen-bond donors (Lipinski definition) is 2. The van der Waals surface area contributed by atoms with Gasteiger partial charge in [-0.1, -0.05) is 13.0 Å². The Hall–Kier alpha value is -2.98. The first-order valence-corrected chi connectivity index (χ1v) is 11.7. The standard InChI is InChI=1S/C19H29N3O3.2C2HF3O2/c1-3-18(23)22-9-10-24-15-19(14-22)7-6-17(25-19)13-21(2)12-16-5-4-8-20-11-16;2*3-2(4,5)1(6)7/h4-5,8,11,17H,3,6-7,9-10,12-15H2,1-2H3;2*(H,6,7). The lowest BCUT2D eigenvalue weighted by atomic mass is 10.00. The summed E-state index contributed by atoms with van der Waals surface area (Å²) >= 11 is 0. The molecule has 2 N–H and O–H groups in total. The molecule has 0 bridgehead atoms. The van der Waals surface area contributed by atoms with Crippen molar-refractivity contribution in [1.29, 1.82) is 0 Å². The number of aliphatic carboxylic acids is 2. The lowest BCUT2D eigenvalue weighted by Crippen LogP contribution is -2.47. The smallest absolute Gasteiger partial charge is 0.475 e. The van der Waals surface area contributed by atoms with Crippen LogP contribution in [0, 0.1) is 0 Å². The van der Waals surface area contributed by atoms with E-state index in [0.29, 0.717) is 32.7 Å². The Morgan fingerprint density at radius 1 is 1.15 bits per heavy atom. The molecular weight excluding hydrogens is 544 g/mol. The number of carbonyl (C=O) groups is 3. The van der Waals surface area contributed by atoms with Crippen molar-refractivity contribution in [2.75, 3.05) is 39.9 Å². The summed E-state index contributed by atoms with van der Waals surface area (Å²) < 4.78 is 75.7. The van der Waals surface area contributed by atoms with E-state index in [-0.39, 0.29) is 17.6 Å². The zero-order valence-corrected chi connectivity index (χ0v) is 21.3. The van der Waals surface area contributed by atoms with E-state index in [1.165, 1.54) is 5.56 Å². The van der Waals surface area contributed by atoms with E-state index in [2.05, 4.69) is 23.0 Å². The molecule has 2 aliphatic heterocycles. The SMILES string of the molecule is CCC(=O)N1CCOCC2(CCC(CN(C)Cc3cccnc3)O2)C1.O=C(O)C(F)(F)F.O=C(O)C(F)(F)F. The largest absolute Gasteiger partial charge is 0.490 e. The van der Waals surface area contributed by atoms with E-state index in [9.17, 15) is 31.1 Å². The van der Waals surface area contributed by atoms with Gasteiger partial charge in [0, 0.05) is 38.4 Å². The van der Waals surface area contributed by atoms with Gasteiger partial charge in [-0.05, 0) is 31.5 Å². The lowest BCUT2D eigenvalue weighted by Gasteiger charge is -2.32. The minimum Gasteiger partial charge on any atom is -0.475 e. The summed E-state index contributed by atoms with van der Waals surface area (Å²) in [6.45, 7) is 6.15. The predicted molar refractivity (Wildman–Crippen MR) is 122 cm³/mol. The van der Waals surface area contributed by atoms with Crippen molar-refractivity contribution >= 4 is 17.8 Å². The number of rotatable bonds is 5. The minimum absolute atomic E-state index is 0.182. The summed E-state index contributed by atoms with van der Waals surface area (Å²) in [4.78, 5) is 38.3. The highest BCUT2D eigenvalue weighted by atomic mass is 19.4. The van der Waals surface area contributed by atoms with Gasteiger partial charge >= 0.3 is 24.3 Å². The maximum Gasteiger partial charge on any atom is 0.490 e. The van der Waals surface area contributed by atoms with Crippen LogP contribution in [0.25, 0.3) is 0 Å². The number of aromatic nitrogens is 1. The van der Waals surface area contributed by atoms with E-state index in [1.54, 1.807) is 6.20 Å². The van der Waals surface area contributed by atoms with Gasteiger partial charge in [-0.2, -0.15) is 26.3 Å². The van der Waals surface area contributed by atoms with Crippen LogP contribution in [0.2, 0.25) is 0 Å². The molecule has 222 valence electrons. The Labute approximate surface area is 220 Å². The Balaban J connectivity index is 0.000000449. The van der Waals surface area contributed by atoms with Crippen LogP contribution in [0.5, 0.6) is 0 Å². The predicted octanol–water partition coefficient (Wildman–Crippen LogP) is 2.97. The number of alkyl halides is 6. The maximum atomic E-state index is 12.1. The zero-order valence-electron chi connectivity index (χ0n) is 21.3. The molecule has 2 unspecified atom stereocenters. The molecule has 2 fully saturated rings. The fourth-order valence-electron chi connectivity index (χ4n) is 3.80. The maximum absolute atomic E-state index is 12.1. The quantitative estimate of drug-likeness (QED) is 0.509.